The lowest BCUT2D eigenvalue weighted by Crippen LogP contribution is -2.62. The lowest BCUT2D eigenvalue weighted by molar-refractivity contribution is 0.0493. The number of piperazine rings is 1. The number of thiazole rings is 1. The number of hydrogen-bond acceptors (Lipinski definition) is 4. The van der Waals surface area contributed by atoms with Crippen molar-refractivity contribution in [2.45, 2.75) is 65.1 Å². The van der Waals surface area contributed by atoms with Crippen LogP contribution in [-0.4, -0.2) is 34.6 Å². The van der Waals surface area contributed by atoms with Gasteiger partial charge in [0.25, 0.3) is 0 Å². The Hall–Kier alpha value is -0.450. The van der Waals surface area contributed by atoms with Crippen LogP contribution in [0, 0.1) is 6.92 Å². The number of hydrogen-bond donors (Lipinski definition) is 1. The van der Waals surface area contributed by atoms with Crippen molar-refractivity contribution in [2.24, 2.45) is 0 Å². The minimum Gasteiger partial charge on any atom is -0.309 e. The van der Waals surface area contributed by atoms with Crippen LogP contribution < -0.4 is 5.32 Å². The zero-order chi connectivity index (χ0) is 14.0. The van der Waals surface area contributed by atoms with Crippen molar-refractivity contribution < 1.29 is 0 Å². The zero-order valence-corrected chi connectivity index (χ0v) is 13.7. The molecule has 2 rings (SSSR count). The molecule has 1 N–H and O–H groups in total. The Balaban J connectivity index is 2.18. The monoisotopic (exact) mass is 281 g/mol. The summed E-state index contributed by atoms with van der Waals surface area (Å²) in [5, 5.41) is 7.15. The van der Waals surface area contributed by atoms with Crippen LogP contribution in [0.15, 0.2) is 5.38 Å². The van der Waals surface area contributed by atoms with Crippen LogP contribution in [0.2, 0.25) is 0 Å². The van der Waals surface area contributed by atoms with E-state index in [2.05, 4.69) is 55.2 Å². The van der Waals surface area contributed by atoms with E-state index in [1.165, 1.54) is 17.8 Å². The van der Waals surface area contributed by atoms with Gasteiger partial charge in [-0.25, -0.2) is 4.98 Å². The van der Waals surface area contributed by atoms with Gasteiger partial charge in [0.05, 0.1) is 6.04 Å². The quantitative estimate of drug-likeness (QED) is 0.917. The molecule has 2 heterocycles. The Kier molecular flexibility index (Phi) is 4.64. The van der Waals surface area contributed by atoms with Gasteiger partial charge in [0, 0.05) is 35.7 Å². The lowest BCUT2D eigenvalue weighted by atomic mass is 9.91. The standard InChI is InChI=1S/C15H27N3S/c1-6-13-8-16-15(5,7-2)10-18(13)12(4)14-17-11(3)9-19-14/h9,12-13,16H,6-8,10H2,1-5H3. The second-order valence-electron chi connectivity index (χ2n) is 6.03. The Morgan fingerprint density at radius 1 is 1.58 bits per heavy atom. The maximum Gasteiger partial charge on any atom is 0.110 e. The van der Waals surface area contributed by atoms with Crippen LogP contribution in [0.25, 0.3) is 0 Å². The van der Waals surface area contributed by atoms with E-state index in [4.69, 9.17) is 0 Å². The molecule has 0 saturated carbocycles. The number of aromatic nitrogens is 1. The molecule has 1 aromatic heterocycles. The van der Waals surface area contributed by atoms with Crippen LogP contribution >= 0.6 is 11.3 Å². The van der Waals surface area contributed by atoms with E-state index in [-0.39, 0.29) is 5.54 Å². The van der Waals surface area contributed by atoms with Gasteiger partial charge in [-0.05, 0) is 33.6 Å². The fourth-order valence-electron chi connectivity index (χ4n) is 2.84. The topological polar surface area (TPSA) is 28.2 Å². The number of nitrogens with zero attached hydrogens (tertiary/aromatic N) is 2. The minimum absolute atomic E-state index is 0.242. The largest absolute Gasteiger partial charge is 0.309 e. The van der Waals surface area contributed by atoms with Gasteiger partial charge in [-0.15, -0.1) is 11.3 Å². The highest BCUT2D eigenvalue weighted by atomic mass is 32.1. The maximum absolute atomic E-state index is 4.68. The molecular weight excluding hydrogens is 254 g/mol. The summed E-state index contributed by atoms with van der Waals surface area (Å²) >= 11 is 1.80. The molecular formula is C15H27N3S. The fourth-order valence-corrected chi connectivity index (χ4v) is 3.72. The van der Waals surface area contributed by atoms with Crippen LogP contribution in [-0.2, 0) is 0 Å². The van der Waals surface area contributed by atoms with E-state index in [1.807, 2.05) is 0 Å². The normalized spacial score (nSPS) is 30.5. The van der Waals surface area contributed by atoms with E-state index in [0.29, 0.717) is 12.1 Å². The Morgan fingerprint density at radius 3 is 2.84 bits per heavy atom. The zero-order valence-electron chi connectivity index (χ0n) is 12.9. The average molecular weight is 281 g/mol. The molecule has 0 aromatic carbocycles. The third kappa shape index (κ3) is 3.18. The molecule has 0 bridgehead atoms. The van der Waals surface area contributed by atoms with Crippen LogP contribution in [0.1, 0.15) is 57.3 Å². The van der Waals surface area contributed by atoms with Crippen LogP contribution in [0.3, 0.4) is 0 Å². The summed E-state index contributed by atoms with van der Waals surface area (Å²) in [6.45, 7) is 13.5. The summed E-state index contributed by atoms with van der Waals surface area (Å²) in [4.78, 5) is 7.34. The van der Waals surface area contributed by atoms with Gasteiger partial charge in [0.1, 0.15) is 5.01 Å². The third-order valence-electron chi connectivity index (χ3n) is 4.51. The van der Waals surface area contributed by atoms with E-state index in [9.17, 15) is 0 Å². The molecule has 0 radical (unpaired) electrons. The first-order chi connectivity index (χ1) is 8.99. The third-order valence-corrected chi connectivity index (χ3v) is 5.64. The SMILES string of the molecule is CCC1CNC(C)(CC)CN1C(C)c1nc(C)cs1. The highest BCUT2D eigenvalue weighted by Gasteiger charge is 2.36. The first kappa shape index (κ1) is 14.9. The van der Waals surface area contributed by atoms with Gasteiger partial charge >= 0.3 is 0 Å². The molecule has 1 saturated heterocycles. The highest BCUT2D eigenvalue weighted by Crippen LogP contribution is 2.31. The predicted octanol–water partition coefficient (Wildman–Crippen LogP) is 3.37. The first-order valence-electron chi connectivity index (χ1n) is 7.42. The summed E-state index contributed by atoms with van der Waals surface area (Å²) in [7, 11) is 0. The molecule has 4 heteroatoms. The van der Waals surface area contributed by atoms with E-state index < -0.39 is 0 Å². The second kappa shape index (κ2) is 5.90. The van der Waals surface area contributed by atoms with E-state index in [0.717, 1.165) is 18.8 Å². The number of aryl methyl sites for hydroxylation is 1. The molecule has 108 valence electrons. The molecule has 0 spiro atoms. The van der Waals surface area contributed by atoms with Crippen molar-refractivity contribution >= 4 is 11.3 Å². The van der Waals surface area contributed by atoms with Crippen LogP contribution in [0.4, 0.5) is 0 Å². The summed E-state index contributed by atoms with van der Waals surface area (Å²) < 4.78 is 0. The van der Waals surface area contributed by atoms with Crippen molar-refractivity contribution in [3.05, 3.63) is 16.1 Å². The van der Waals surface area contributed by atoms with Crippen LogP contribution in [0.5, 0.6) is 0 Å². The molecule has 3 nitrogen and oxygen atoms in total. The summed E-state index contributed by atoms with van der Waals surface area (Å²) in [6, 6.07) is 1.05. The second-order valence-corrected chi connectivity index (χ2v) is 6.92. The Labute approximate surface area is 121 Å². The van der Waals surface area contributed by atoms with Gasteiger partial charge in [-0.2, -0.15) is 0 Å². The maximum atomic E-state index is 4.68. The molecule has 0 aliphatic carbocycles. The van der Waals surface area contributed by atoms with Gasteiger partial charge in [0.2, 0.25) is 0 Å². The van der Waals surface area contributed by atoms with Crippen molar-refractivity contribution in [1.29, 1.82) is 0 Å². The molecule has 1 aliphatic heterocycles. The summed E-state index contributed by atoms with van der Waals surface area (Å²) in [5.41, 5.74) is 1.39. The Bertz CT molecular complexity index is 417. The highest BCUT2D eigenvalue weighted by molar-refractivity contribution is 7.09. The van der Waals surface area contributed by atoms with Gasteiger partial charge in [-0.1, -0.05) is 13.8 Å². The molecule has 0 amide bonds. The molecule has 3 unspecified atom stereocenters. The van der Waals surface area contributed by atoms with Crippen molar-refractivity contribution in [2.75, 3.05) is 13.1 Å². The van der Waals surface area contributed by atoms with Gasteiger partial charge in [0.15, 0.2) is 0 Å². The fraction of sp³-hybridized carbons (Fsp3) is 0.800. The average Bonchev–Trinajstić information content (AvgIpc) is 2.84. The number of rotatable bonds is 4. The minimum atomic E-state index is 0.242. The van der Waals surface area contributed by atoms with E-state index in [1.54, 1.807) is 11.3 Å². The molecule has 3 atom stereocenters. The van der Waals surface area contributed by atoms with E-state index >= 15 is 0 Å². The summed E-state index contributed by atoms with van der Waals surface area (Å²) in [6.07, 6.45) is 2.37. The van der Waals surface area contributed by atoms with Gasteiger partial charge in [-0.3, -0.25) is 4.90 Å². The summed E-state index contributed by atoms with van der Waals surface area (Å²) in [5.74, 6) is 0. The van der Waals surface area contributed by atoms with Crippen molar-refractivity contribution in [3.63, 3.8) is 0 Å². The molecule has 1 fully saturated rings. The van der Waals surface area contributed by atoms with Gasteiger partial charge < -0.3 is 5.32 Å². The van der Waals surface area contributed by atoms with Crippen molar-refractivity contribution in [1.82, 2.24) is 15.2 Å². The smallest absolute Gasteiger partial charge is 0.110 e. The van der Waals surface area contributed by atoms with Crippen molar-refractivity contribution in [3.8, 4) is 0 Å². The predicted molar refractivity (Wildman–Crippen MR) is 82.7 cm³/mol. The molecule has 1 aromatic rings. The lowest BCUT2D eigenvalue weighted by Gasteiger charge is -2.48. The first-order valence-corrected chi connectivity index (χ1v) is 8.30. The Morgan fingerprint density at radius 2 is 2.32 bits per heavy atom. The molecule has 1 aliphatic rings. The molecule has 19 heavy (non-hydrogen) atoms. The number of nitrogens with one attached hydrogen (secondary N) is 1.